The number of hydrogen-bond donors (Lipinski definition) is 0. The van der Waals surface area contributed by atoms with E-state index in [1.54, 1.807) is 0 Å². The Kier molecular flexibility index (Phi) is 11.1. The van der Waals surface area contributed by atoms with Gasteiger partial charge in [-0.2, -0.15) is 0 Å². The van der Waals surface area contributed by atoms with Crippen molar-refractivity contribution in [2.24, 2.45) is 0 Å². The van der Waals surface area contributed by atoms with E-state index in [2.05, 4.69) is 337 Å². The summed E-state index contributed by atoms with van der Waals surface area (Å²) >= 11 is 0. The molecule has 0 saturated heterocycles. The fourth-order valence-electron chi connectivity index (χ4n) is 17.1. The third-order valence-electron chi connectivity index (χ3n) is 20.6. The van der Waals surface area contributed by atoms with Crippen molar-refractivity contribution in [1.29, 1.82) is 0 Å². The molecule has 2 spiro atoms. The Morgan fingerprint density at radius 1 is 0.330 bits per heavy atom. The normalized spacial score (nSPS) is 16.0. The molecule has 2 nitrogen and oxygen atoms in total. The van der Waals surface area contributed by atoms with Crippen LogP contribution in [-0.4, -0.2) is 4.57 Å². The first-order chi connectivity index (χ1) is 45.1. The van der Waals surface area contributed by atoms with E-state index in [1.807, 2.05) is 0 Å². The number of allylic oxidation sites excluding steroid dienone is 5. The van der Waals surface area contributed by atoms with Crippen LogP contribution < -0.4 is 4.90 Å². The molecular weight excluding hydrogens is 1100 g/mol. The summed E-state index contributed by atoms with van der Waals surface area (Å²) in [5, 5.41) is 7.22. The molecule has 1 atom stereocenters. The fraction of sp³-hybridized carbons (Fsp3) is 0.0337. The van der Waals surface area contributed by atoms with Gasteiger partial charge in [-0.05, 0) is 195 Å². The number of para-hydroxylation sites is 3. The van der Waals surface area contributed by atoms with Gasteiger partial charge in [0.2, 0.25) is 0 Å². The zero-order valence-electron chi connectivity index (χ0n) is 50.0. The molecule has 1 aromatic heterocycles. The number of nitrogens with zero attached hydrogens (tertiary/aromatic N) is 2. The molecule has 14 aromatic carbocycles. The minimum atomic E-state index is -0.650. The molecule has 0 saturated carbocycles. The minimum absolute atomic E-state index is 0.528. The zero-order valence-corrected chi connectivity index (χ0v) is 50.0. The lowest BCUT2D eigenvalue weighted by Crippen LogP contribution is -2.30. The number of anilines is 3. The monoisotopic (exact) mass is 1150 g/mol. The molecule has 2 heteroatoms. The molecule has 1 heterocycles. The van der Waals surface area contributed by atoms with Crippen LogP contribution in [0.1, 0.15) is 44.5 Å². The van der Waals surface area contributed by atoms with E-state index in [0.29, 0.717) is 0 Å². The lowest BCUT2D eigenvalue weighted by Gasteiger charge is -2.36. The van der Waals surface area contributed by atoms with Gasteiger partial charge in [0.1, 0.15) is 0 Å². The maximum atomic E-state index is 5.03. The van der Waals surface area contributed by atoms with Gasteiger partial charge >= 0.3 is 0 Å². The van der Waals surface area contributed by atoms with E-state index in [4.69, 9.17) is 6.58 Å². The summed E-state index contributed by atoms with van der Waals surface area (Å²) < 4.78 is 2.41. The van der Waals surface area contributed by atoms with Crippen molar-refractivity contribution in [1.82, 2.24) is 4.57 Å². The van der Waals surface area contributed by atoms with Gasteiger partial charge in [-0.3, -0.25) is 0 Å². The van der Waals surface area contributed by atoms with Crippen LogP contribution in [0.2, 0.25) is 0 Å². The maximum absolute atomic E-state index is 5.03. The van der Waals surface area contributed by atoms with Crippen LogP contribution in [0, 0.1) is 0 Å². The number of benzene rings is 14. The molecule has 0 aliphatic heterocycles. The highest BCUT2D eigenvalue weighted by Gasteiger charge is 2.52. The van der Waals surface area contributed by atoms with E-state index in [1.165, 1.54) is 138 Å². The van der Waals surface area contributed by atoms with Gasteiger partial charge in [-0.1, -0.05) is 267 Å². The van der Waals surface area contributed by atoms with E-state index in [-0.39, 0.29) is 0 Å². The summed E-state index contributed by atoms with van der Waals surface area (Å²) in [6.45, 7) is 5.03. The minimum Gasteiger partial charge on any atom is -0.310 e. The molecule has 0 bridgehead atoms. The van der Waals surface area contributed by atoms with E-state index < -0.39 is 10.8 Å². The third-order valence-corrected chi connectivity index (χ3v) is 20.6. The van der Waals surface area contributed by atoms with Crippen LogP contribution in [-0.2, 0) is 17.3 Å². The Morgan fingerprint density at radius 2 is 0.780 bits per heavy atom. The second kappa shape index (κ2) is 19.7. The average molecular weight is 1160 g/mol. The van der Waals surface area contributed by atoms with E-state index in [9.17, 15) is 0 Å². The Hall–Kier alpha value is -11.6. The number of rotatable bonds is 6. The van der Waals surface area contributed by atoms with Gasteiger partial charge in [0.25, 0.3) is 0 Å². The van der Waals surface area contributed by atoms with Crippen LogP contribution in [0.25, 0.3) is 105 Å². The average Bonchev–Trinajstić information content (AvgIpc) is 1.53. The van der Waals surface area contributed by atoms with Crippen LogP contribution in [0.5, 0.6) is 0 Å². The quantitative estimate of drug-likeness (QED) is 0.151. The smallest absolute Gasteiger partial charge is 0.0725 e. The van der Waals surface area contributed by atoms with Crippen LogP contribution in [0.15, 0.2) is 340 Å². The predicted octanol–water partition coefficient (Wildman–Crippen LogP) is 22.8. The van der Waals surface area contributed by atoms with Crippen molar-refractivity contribution in [3.63, 3.8) is 0 Å². The van der Waals surface area contributed by atoms with Crippen molar-refractivity contribution in [3.05, 3.63) is 384 Å². The summed E-state index contributed by atoms with van der Waals surface area (Å²) in [7, 11) is 0. The van der Waals surface area contributed by atoms with Crippen molar-refractivity contribution < 1.29 is 0 Å². The highest BCUT2D eigenvalue weighted by Crippen LogP contribution is 2.64. The van der Waals surface area contributed by atoms with Crippen molar-refractivity contribution in [2.75, 3.05) is 4.90 Å². The van der Waals surface area contributed by atoms with E-state index >= 15 is 0 Å². The first kappa shape index (κ1) is 51.5. The third kappa shape index (κ3) is 7.08. The van der Waals surface area contributed by atoms with Crippen molar-refractivity contribution >= 4 is 60.4 Å². The van der Waals surface area contributed by atoms with Crippen LogP contribution in [0.4, 0.5) is 17.1 Å². The highest BCUT2D eigenvalue weighted by atomic mass is 15.1. The Bertz CT molecular complexity index is 5540. The lowest BCUT2D eigenvalue weighted by atomic mass is 9.66. The molecule has 1 unspecified atom stereocenters. The van der Waals surface area contributed by atoms with Crippen molar-refractivity contribution in [3.8, 4) is 61.3 Å². The molecule has 0 N–H and O–H groups in total. The molecular formula is C89H58N2. The lowest BCUT2D eigenvalue weighted by molar-refractivity contribution is 0.760. The molecule has 424 valence electrons. The summed E-state index contributed by atoms with van der Waals surface area (Å²) in [6, 6.07) is 114. The molecule has 0 radical (unpaired) electrons. The predicted molar refractivity (Wildman–Crippen MR) is 381 cm³/mol. The second-order valence-electron chi connectivity index (χ2n) is 24.9. The number of hydrogen-bond acceptors (Lipinski definition) is 1. The number of aromatic nitrogens is 1. The standard InChI is InChI=1S/C89H58N2/c1-57-25-4-2-5-26-58-27-8-17-39-75(58)88(57)76-40-18-11-32-66(76)68-53-47-59(55-80(68)88)85-72-36-9-10-37-73(72)86(60-48-54-69-67-33-14-21-43-79(67)89(81(69)56-60)77-41-19-12-30-64(77)65-31-13-20-42-78(65)89)87-74(85)38-24-46-84(87)90(61-28-6-3-7-29-61)62-49-51-63(52-50-62)91-82-44-22-15-34-70(82)71-35-16-23-45-83(71)91/h2-25,27-56H,1,26H2/b5-2-,25-4-. The Morgan fingerprint density at radius 3 is 1.38 bits per heavy atom. The molecule has 91 heavy (non-hydrogen) atoms. The Balaban J connectivity index is 0.911. The van der Waals surface area contributed by atoms with Gasteiger partial charge in [0, 0.05) is 33.2 Å². The molecule has 0 amide bonds. The largest absolute Gasteiger partial charge is 0.310 e. The first-order valence-corrected chi connectivity index (χ1v) is 31.8. The zero-order chi connectivity index (χ0) is 59.9. The van der Waals surface area contributed by atoms with Gasteiger partial charge in [0.05, 0.1) is 27.6 Å². The summed E-state index contributed by atoms with van der Waals surface area (Å²) in [5.74, 6) is 0. The second-order valence-corrected chi connectivity index (χ2v) is 24.9. The summed E-state index contributed by atoms with van der Waals surface area (Å²) in [5.41, 5.74) is 29.3. The molecule has 4 aliphatic rings. The summed E-state index contributed by atoms with van der Waals surface area (Å²) in [6.07, 6.45) is 9.71. The van der Waals surface area contributed by atoms with Gasteiger partial charge in [-0.25, -0.2) is 0 Å². The van der Waals surface area contributed by atoms with Crippen LogP contribution >= 0.6 is 0 Å². The molecule has 15 aromatic rings. The SMILES string of the molecule is C=C1/C=C\C=C/Cc2ccccc2C12c1ccccc1-c1ccc(-c3c4ccccc4c(-c4ccc5c(c4)C4(c6ccccc6-c6ccccc64)c4ccccc4-5)c4c(N(c5ccccc5)c5ccc(-n6c7ccccc7c7ccccc76)cc5)cccc34)cc12. The van der Waals surface area contributed by atoms with Crippen molar-refractivity contribution in [2.45, 2.75) is 17.3 Å². The van der Waals surface area contributed by atoms with Gasteiger partial charge < -0.3 is 9.47 Å². The summed E-state index contributed by atoms with van der Waals surface area (Å²) in [4.78, 5) is 2.50. The van der Waals surface area contributed by atoms with Gasteiger partial charge in [0.15, 0.2) is 0 Å². The topological polar surface area (TPSA) is 8.17 Å². The number of fused-ring (bicyclic) bond motifs is 22. The maximum Gasteiger partial charge on any atom is 0.0725 e. The first-order valence-electron chi connectivity index (χ1n) is 31.8. The fourth-order valence-corrected chi connectivity index (χ4v) is 17.1. The Labute approximate surface area is 529 Å². The molecule has 0 fully saturated rings. The van der Waals surface area contributed by atoms with Crippen LogP contribution in [0.3, 0.4) is 0 Å². The highest BCUT2D eigenvalue weighted by molar-refractivity contribution is 6.25. The molecule has 4 aliphatic carbocycles. The van der Waals surface area contributed by atoms with E-state index in [0.717, 1.165) is 40.3 Å². The molecule has 19 rings (SSSR count). The van der Waals surface area contributed by atoms with Gasteiger partial charge in [-0.15, -0.1) is 0 Å².